The topological polar surface area (TPSA) is 84.4 Å². The standard InChI is InChI=1S/C21H24N6O2/c1-15-7-9-16(10-8-15)22-19-24-20(23-17-5-3-4-6-18(17)28-2)26-21(25-19)27-11-13-29-14-12-27/h3-10H,11-14H2,1-2H3,(H2,22,23,24,25,26). The van der Waals surface area contributed by atoms with Crippen molar-refractivity contribution in [1.29, 1.82) is 0 Å². The number of hydrogen-bond donors (Lipinski definition) is 2. The van der Waals surface area contributed by atoms with E-state index in [2.05, 4.69) is 37.4 Å². The van der Waals surface area contributed by atoms with Gasteiger partial charge in [-0.2, -0.15) is 15.0 Å². The van der Waals surface area contributed by atoms with Gasteiger partial charge < -0.3 is 25.0 Å². The molecular formula is C21H24N6O2. The van der Waals surface area contributed by atoms with Crippen molar-refractivity contribution >= 4 is 29.2 Å². The smallest absolute Gasteiger partial charge is 0.233 e. The number of methoxy groups -OCH3 is 1. The van der Waals surface area contributed by atoms with Crippen LogP contribution in [0.5, 0.6) is 5.75 Å². The molecule has 2 heterocycles. The number of anilines is 5. The van der Waals surface area contributed by atoms with Gasteiger partial charge >= 0.3 is 0 Å². The summed E-state index contributed by atoms with van der Waals surface area (Å²) in [7, 11) is 1.64. The zero-order valence-electron chi connectivity index (χ0n) is 16.6. The Bertz CT molecular complexity index is 958. The van der Waals surface area contributed by atoms with Crippen LogP contribution in [0.25, 0.3) is 0 Å². The molecule has 0 radical (unpaired) electrons. The molecule has 1 aromatic heterocycles. The molecule has 2 aromatic carbocycles. The third-order valence-corrected chi connectivity index (χ3v) is 4.58. The van der Waals surface area contributed by atoms with Crippen LogP contribution in [0.3, 0.4) is 0 Å². The molecule has 3 aromatic rings. The average Bonchev–Trinajstić information content (AvgIpc) is 2.76. The Balaban J connectivity index is 1.66. The molecule has 4 rings (SSSR count). The highest BCUT2D eigenvalue weighted by molar-refractivity contribution is 5.64. The van der Waals surface area contributed by atoms with E-state index in [0.717, 1.165) is 24.5 Å². The zero-order chi connectivity index (χ0) is 20.1. The zero-order valence-corrected chi connectivity index (χ0v) is 16.6. The summed E-state index contributed by atoms with van der Waals surface area (Å²) < 4.78 is 10.9. The van der Waals surface area contributed by atoms with Crippen LogP contribution in [0.4, 0.5) is 29.2 Å². The summed E-state index contributed by atoms with van der Waals surface area (Å²) in [4.78, 5) is 15.9. The number of nitrogens with one attached hydrogen (secondary N) is 2. The fourth-order valence-corrected chi connectivity index (χ4v) is 3.02. The monoisotopic (exact) mass is 392 g/mol. The van der Waals surface area contributed by atoms with Gasteiger partial charge in [0.1, 0.15) is 5.75 Å². The SMILES string of the molecule is COc1ccccc1Nc1nc(Nc2ccc(C)cc2)nc(N2CCOCC2)n1. The van der Waals surface area contributed by atoms with Crippen LogP contribution in [-0.4, -0.2) is 48.4 Å². The molecule has 1 aliphatic rings. The van der Waals surface area contributed by atoms with Gasteiger partial charge in [-0.3, -0.25) is 0 Å². The Kier molecular flexibility index (Phi) is 5.71. The second-order valence-corrected chi connectivity index (χ2v) is 6.70. The lowest BCUT2D eigenvalue weighted by Crippen LogP contribution is -2.37. The summed E-state index contributed by atoms with van der Waals surface area (Å²) in [5.41, 5.74) is 2.90. The van der Waals surface area contributed by atoms with Gasteiger partial charge in [0, 0.05) is 18.8 Å². The van der Waals surface area contributed by atoms with Gasteiger partial charge in [0.2, 0.25) is 17.8 Å². The number of morpholine rings is 1. The molecule has 0 atom stereocenters. The fraction of sp³-hybridized carbons (Fsp3) is 0.286. The molecule has 0 bridgehead atoms. The highest BCUT2D eigenvalue weighted by atomic mass is 16.5. The van der Waals surface area contributed by atoms with Crippen LogP contribution in [0.15, 0.2) is 48.5 Å². The van der Waals surface area contributed by atoms with Crippen LogP contribution in [0.2, 0.25) is 0 Å². The molecule has 0 aliphatic carbocycles. The number of rotatable bonds is 6. The number of aryl methyl sites for hydroxylation is 1. The predicted molar refractivity (Wildman–Crippen MR) is 114 cm³/mol. The first-order valence-corrected chi connectivity index (χ1v) is 9.54. The lowest BCUT2D eigenvalue weighted by Gasteiger charge is -2.27. The van der Waals surface area contributed by atoms with Crippen LogP contribution < -0.4 is 20.3 Å². The lowest BCUT2D eigenvalue weighted by molar-refractivity contribution is 0.122. The molecular weight excluding hydrogens is 368 g/mol. The van der Waals surface area contributed by atoms with Gasteiger partial charge in [-0.1, -0.05) is 29.8 Å². The molecule has 1 fully saturated rings. The van der Waals surface area contributed by atoms with Gasteiger partial charge in [0.25, 0.3) is 0 Å². The van der Waals surface area contributed by atoms with Crippen molar-refractivity contribution in [3.05, 3.63) is 54.1 Å². The van der Waals surface area contributed by atoms with Crippen LogP contribution in [0, 0.1) is 6.92 Å². The third kappa shape index (κ3) is 4.72. The molecule has 8 heteroatoms. The first-order valence-electron chi connectivity index (χ1n) is 9.54. The summed E-state index contributed by atoms with van der Waals surface area (Å²) in [6.07, 6.45) is 0. The molecule has 8 nitrogen and oxygen atoms in total. The number of hydrogen-bond acceptors (Lipinski definition) is 8. The number of para-hydroxylation sites is 2. The second-order valence-electron chi connectivity index (χ2n) is 6.70. The number of ether oxygens (including phenoxy) is 2. The molecule has 29 heavy (non-hydrogen) atoms. The third-order valence-electron chi connectivity index (χ3n) is 4.58. The summed E-state index contributed by atoms with van der Waals surface area (Å²) in [6, 6.07) is 15.7. The second kappa shape index (κ2) is 8.74. The Morgan fingerprint density at radius 3 is 2.31 bits per heavy atom. The van der Waals surface area contributed by atoms with E-state index in [1.54, 1.807) is 7.11 Å². The van der Waals surface area contributed by atoms with Crippen molar-refractivity contribution in [2.45, 2.75) is 6.92 Å². The Morgan fingerprint density at radius 1 is 0.897 bits per heavy atom. The minimum absolute atomic E-state index is 0.445. The maximum atomic E-state index is 5.45. The maximum Gasteiger partial charge on any atom is 0.233 e. The summed E-state index contributed by atoms with van der Waals surface area (Å²) in [6.45, 7) is 4.84. The van der Waals surface area contributed by atoms with Crippen molar-refractivity contribution in [3.63, 3.8) is 0 Å². The minimum atomic E-state index is 0.445. The number of nitrogens with zero attached hydrogens (tertiary/aromatic N) is 4. The molecule has 1 saturated heterocycles. The number of benzene rings is 2. The molecule has 0 amide bonds. The van der Waals surface area contributed by atoms with E-state index in [9.17, 15) is 0 Å². The van der Waals surface area contributed by atoms with E-state index in [-0.39, 0.29) is 0 Å². The first-order chi connectivity index (χ1) is 14.2. The van der Waals surface area contributed by atoms with E-state index in [1.165, 1.54) is 5.56 Å². The summed E-state index contributed by atoms with van der Waals surface area (Å²) in [5, 5.41) is 6.53. The van der Waals surface area contributed by atoms with Gasteiger partial charge in [-0.15, -0.1) is 0 Å². The van der Waals surface area contributed by atoms with Crippen molar-refractivity contribution in [2.24, 2.45) is 0 Å². The Hall–Kier alpha value is -3.39. The van der Waals surface area contributed by atoms with Gasteiger partial charge in [-0.25, -0.2) is 0 Å². The van der Waals surface area contributed by atoms with Crippen molar-refractivity contribution in [1.82, 2.24) is 15.0 Å². The molecule has 0 unspecified atom stereocenters. The van der Waals surface area contributed by atoms with Gasteiger partial charge in [0.15, 0.2) is 0 Å². The fourth-order valence-electron chi connectivity index (χ4n) is 3.02. The predicted octanol–water partition coefficient (Wildman–Crippen LogP) is 3.51. The molecule has 0 spiro atoms. The van der Waals surface area contributed by atoms with E-state index in [1.807, 2.05) is 48.5 Å². The van der Waals surface area contributed by atoms with Crippen LogP contribution in [0.1, 0.15) is 5.56 Å². The van der Waals surface area contributed by atoms with Gasteiger partial charge in [-0.05, 0) is 31.2 Å². The lowest BCUT2D eigenvalue weighted by atomic mass is 10.2. The minimum Gasteiger partial charge on any atom is -0.495 e. The quantitative estimate of drug-likeness (QED) is 0.659. The van der Waals surface area contributed by atoms with E-state index in [4.69, 9.17) is 9.47 Å². The normalized spacial score (nSPS) is 13.8. The Morgan fingerprint density at radius 2 is 1.59 bits per heavy atom. The molecule has 150 valence electrons. The van der Waals surface area contributed by atoms with Crippen molar-refractivity contribution < 1.29 is 9.47 Å². The van der Waals surface area contributed by atoms with E-state index >= 15 is 0 Å². The van der Waals surface area contributed by atoms with E-state index < -0.39 is 0 Å². The maximum absolute atomic E-state index is 5.45. The van der Waals surface area contributed by atoms with E-state index in [0.29, 0.717) is 36.8 Å². The number of aromatic nitrogens is 3. The van der Waals surface area contributed by atoms with Crippen molar-refractivity contribution in [2.75, 3.05) is 48.9 Å². The summed E-state index contributed by atoms with van der Waals surface area (Å²) >= 11 is 0. The van der Waals surface area contributed by atoms with Gasteiger partial charge in [0.05, 0.1) is 26.0 Å². The molecule has 0 saturated carbocycles. The first kappa shape index (κ1) is 18.9. The van der Waals surface area contributed by atoms with Crippen molar-refractivity contribution in [3.8, 4) is 5.75 Å². The molecule has 2 N–H and O–H groups in total. The molecule has 1 aliphatic heterocycles. The summed E-state index contributed by atoms with van der Waals surface area (Å²) in [5.74, 6) is 2.24. The average molecular weight is 392 g/mol. The largest absolute Gasteiger partial charge is 0.495 e. The highest BCUT2D eigenvalue weighted by Gasteiger charge is 2.17. The highest BCUT2D eigenvalue weighted by Crippen LogP contribution is 2.27. The Labute approximate surface area is 169 Å². The van der Waals surface area contributed by atoms with Crippen LogP contribution >= 0.6 is 0 Å². The van der Waals surface area contributed by atoms with Crippen LogP contribution in [-0.2, 0) is 4.74 Å².